The third-order valence-corrected chi connectivity index (χ3v) is 3.73. The molecule has 1 heterocycles. The lowest BCUT2D eigenvalue weighted by Gasteiger charge is -2.26. The molecule has 0 spiro atoms. The van der Waals surface area contributed by atoms with Crippen LogP contribution in [-0.4, -0.2) is 15.7 Å². The fourth-order valence-electron chi connectivity index (χ4n) is 2.08. The second-order valence-corrected chi connectivity index (χ2v) is 5.11. The first-order valence-electron chi connectivity index (χ1n) is 5.12. The van der Waals surface area contributed by atoms with Crippen molar-refractivity contribution in [1.82, 2.24) is 10.2 Å². The molecule has 0 unspecified atom stereocenters. The van der Waals surface area contributed by atoms with Crippen LogP contribution in [0.15, 0.2) is 15.5 Å². The van der Waals surface area contributed by atoms with Crippen molar-refractivity contribution < 1.29 is 0 Å². The fourth-order valence-corrected chi connectivity index (χ4v) is 2.37. The van der Waals surface area contributed by atoms with Gasteiger partial charge in [-0.1, -0.05) is 12.8 Å². The van der Waals surface area contributed by atoms with Crippen LogP contribution in [0.25, 0.3) is 0 Å². The van der Waals surface area contributed by atoms with Crippen molar-refractivity contribution >= 4 is 21.6 Å². The first kappa shape index (κ1) is 10.7. The molecule has 0 aliphatic heterocycles. The van der Waals surface area contributed by atoms with E-state index in [0.29, 0.717) is 4.47 Å². The zero-order valence-corrected chi connectivity index (χ0v) is 10.2. The molecular weight excluding hydrogens is 258 g/mol. The SMILES string of the molecule is CC1(Nc2cn[nH]c(=O)c2Br)CCCC1. The second kappa shape index (κ2) is 3.96. The van der Waals surface area contributed by atoms with E-state index in [9.17, 15) is 4.79 Å². The van der Waals surface area contributed by atoms with Gasteiger partial charge >= 0.3 is 0 Å². The molecule has 0 amide bonds. The predicted octanol–water partition coefficient (Wildman–Crippen LogP) is 2.28. The van der Waals surface area contributed by atoms with Gasteiger partial charge in [-0.3, -0.25) is 4.79 Å². The largest absolute Gasteiger partial charge is 0.378 e. The summed E-state index contributed by atoms with van der Waals surface area (Å²) in [7, 11) is 0. The molecule has 0 aromatic carbocycles. The Morgan fingerprint density at radius 3 is 2.87 bits per heavy atom. The van der Waals surface area contributed by atoms with Crippen LogP contribution in [0.3, 0.4) is 0 Å². The Labute approximate surface area is 96.6 Å². The van der Waals surface area contributed by atoms with Crippen molar-refractivity contribution in [1.29, 1.82) is 0 Å². The van der Waals surface area contributed by atoms with Crippen molar-refractivity contribution in [3.05, 3.63) is 21.0 Å². The molecule has 0 radical (unpaired) electrons. The van der Waals surface area contributed by atoms with Gasteiger partial charge in [0, 0.05) is 5.54 Å². The summed E-state index contributed by atoms with van der Waals surface area (Å²) >= 11 is 3.27. The highest BCUT2D eigenvalue weighted by Gasteiger charge is 2.29. The highest BCUT2D eigenvalue weighted by molar-refractivity contribution is 9.10. The standard InChI is InChI=1S/C10H14BrN3O/c1-10(4-2-3-5-10)13-7-6-12-14-9(15)8(7)11/h6H,2-5H2,1H3,(H2,13,14,15). The average Bonchev–Trinajstić information content (AvgIpc) is 2.60. The Bertz CT molecular complexity index is 409. The Morgan fingerprint density at radius 1 is 1.53 bits per heavy atom. The highest BCUT2D eigenvalue weighted by atomic mass is 79.9. The number of nitrogens with one attached hydrogen (secondary N) is 2. The van der Waals surface area contributed by atoms with E-state index in [1.54, 1.807) is 6.20 Å². The molecule has 15 heavy (non-hydrogen) atoms. The van der Waals surface area contributed by atoms with Crippen molar-refractivity contribution in [3.8, 4) is 0 Å². The molecule has 0 atom stereocenters. The third kappa shape index (κ3) is 2.22. The maximum Gasteiger partial charge on any atom is 0.280 e. The quantitative estimate of drug-likeness (QED) is 0.868. The Balaban J connectivity index is 2.24. The van der Waals surface area contributed by atoms with E-state index in [-0.39, 0.29) is 11.1 Å². The van der Waals surface area contributed by atoms with Crippen LogP contribution in [0.1, 0.15) is 32.6 Å². The summed E-state index contributed by atoms with van der Waals surface area (Å²) in [5.41, 5.74) is 0.697. The van der Waals surface area contributed by atoms with Gasteiger partial charge in [0.15, 0.2) is 0 Å². The lowest BCUT2D eigenvalue weighted by atomic mass is 10.0. The number of anilines is 1. The Kier molecular flexibility index (Phi) is 2.82. The number of nitrogens with zero attached hydrogens (tertiary/aromatic N) is 1. The molecule has 0 saturated heterocycles. The van der Waals surface area contributed by atoms with Gasteiger partial charge in [0.1, 0.15) is 4.47 Å². The molecule has 1 fully saturated rings. The molecule has 1 aliphatic carbocycles. The van der Waals surface area contributed by atoms with E-state index in [0.717, 1.165) is 18.5 Å². The third-order valence-electron chi connectivity index (χ3n) is 2.94. The van der Waals surface area contributed by atoms with Crippen LogP contribution in [0.4, 0.5) is 5.69 Å². The Hall–Kier alpha value is -0.840. The summed E-state index contributed by atoms with van der Waals surface area (Å²) in [6.07, 6.45) is 6.43. The van der Waals surface area contributed by atoms with Gasteiger partial charge in [-0.05, 0) is 35.7 Å². The lowest BCUT2D eigenvalue weighted by Crippen LogP contribution is -2.31. The molecule has 1 aromatic rings. The Morgan fingerprint density at radius 2 is 2.20 bits per heavy atom. The number of hydrogen-bond donors (Lipinski definition) is 2. The highest BCUT2D eigenvalue weighted by Crippen LogP contribution is 2.33. The molecule has 82 valence electrons. The molecule has 2 N–H and O–H groups in total. The van der Waals surface area contributed by atoms with Gasteiger partial charge in [0.05, 0.1) is 11.9 Å². The minimum atomic E-state index is -0.193. The van der Waals surface area contributed by atoms with Gasteiger partial charge in [-0.15, -0.1) is 0 Å². The zero-order chi connectivity index (χ0) is 10.9. The van der Waals surface area contributed by atoms with Crippen molar-refractivity contribution in [3.63, 3.8) is 0 Å². The molecule has 1 saturated carbocycles. The summed E-state index contributed by atoms with van der Waals surface area (Å²) in [6.45, 7) is 2.19. The maximum absolute atomic E-state index is 11.3. The first-order chi connectivity index (χ1) is 7.11. The zero-order valence-electron chi connectivity index (χ0n) is 8.64. The smallest absolute Gasteiger partial charge is 0.280 e. The van der Waals surface area contributed by atoms with Crippen LogP contribution >= 0.6 is 15.9 Å². The summed E-state index contributed by atoms with van der Waals surface area (Å²) in [6, 6.07) is 0. The number of rotatable bonds is 2. The van der Waals surface area contributed by atoms with Gasteiger partial charge in [0.25, 0.3) is 5.56 Å². The topological polar surface area (TPSA) is 57.8 Å². The van der Waals surface area contributed by atoms with Gasteiger partial charge in [-0.25, -0.2) is 5.10 Å². The van der Waals surface area contributed by atoms with Gasteiger partial charge in [-0.2, -0.15) is 5.10 Å². The number of aromatic amines is 1. The lowest BCUT2D eigenvalue weighted by molar-refractivity contribution is 0.532. The summed E-state index contributed by atoms with van der Waals surface area (Å²) in [5.74, 6) is 0. The molecule has 1 aromatic heterocycles. The van der Waals surface area contributed by atoms with Crippen LogP contribution in [0.2, 0.25) is 0 Å². The van der Waals surface area contributed by atoms with Crippen molar-refractivity contribution in [2.24, 2.45) is 0 Å². The monoisotopic (exact) mass is 271 g/mol. The van der Waals surface area contributed by atoms with Gasteiger partial charge in [0.2, 0.25) is 0 Å². The van der Waals surface area contributed by atoms with E-state index < -0.39 is 0 Å². The fraction of sp³-hybridized carbons (Fsp3) is 0.600. The molecule has 5 heteroatoms. The summed E-state index contributed by atoms with van der Waals surface area (Å²) in [5, 5.41) is 9.57. The van der Waals surface area contributed by atoms with Gasteiger partial charge < -0.3 is 5.32 Å². The molecular formula is C10H14BrN3O. The van der Waals surface area contributed by atoms with Crippen LogP contribution < -0.4 is 10.9 Å². The minimum Gasteiger partial charge on any atom is -0.378 e. The van der Waals surface area contributed by atoms with E-state index in [2.05, 4.69) is 38.4 Å². The molecule has 4 nitrogen and oxygen atoms in total. The number of halogens is 1. The van der Waals surface area contributed by atoms with Crippen LogP contribution in [0.5, 0.6) is 0 Å². The van der Waals surface area contributed by atoms with E-state index in [4.69, 9.17) is 0 Å². The minimum absolute atomic E-state index is 0.109. The molecule has 1 aliphatic rings. The van der Waals surface area contributed by atoms with Crippen molar-refractivity contribution in [2.45, 2.75) is 38.1 Å². The first-order valence-corrected chi connectivity index (χ1v) is 5.91. The predicted molar refractivity (Wildman–Crippen MR) is 63.1 cm³/mol. The number of hydrogen-bond acceptors (Lipinski definition) is 3. The number of H-pyrrole nitrogens is 1. The summed E-state index contributed by atoms with van der Waals surface area (Å²) < 4.78 is 0.533. The average molecular weight is 272 g/mol. The molecule has 0 bridgehead atoms. The maximum atomic E-state index is 11.3. The van der Waals surface area contributed by atoms with Crippen LogP contribution in [-0.2, 0) is 0 Å². The van der Waals surface area contributed by atoms with E-state index >= 15 is 0 Å². The normalized spacial score (nSPS) is 19.1. The van der Waals surface area contributed by atoms with E-state index in [1.165, 1.54) is 12.8 Å². The van der Waals surface area contributed by atoms with E-state index in [1.807, 2.05) is 0 Å². The number of aromatic nitrogens is 2. The van der Waals surface area contributed by atoms with Crippen LogP contribution in [0, 0.1) is 0 Å². The summed E-state index contributed by atoms with van der Waals surface area (Å²) in [4.78, 5) is 11.3. The molecule has 2 rings (SSSR count). The second-order valence-electron chi connectivity index (χ2n) is 4.32. The van der Waals surface area contributed by atoms with Crippen molar-refractivity contribution in [2.75, 3.05) is 5.32 Å².